The van der Waals surface area contributed by atoms with Crippen molar-refractivity contribution < 1.29 is 9.53 Å². The second kappa shape index (κ2) is 6.65. The van der Waals surface area contributed by atoms with E-state index in [1.807, 2.05) is 25.1 Å². The first-order valence-corrected chi connectivity index (χ1v) is 6.78. The maximum absolute atomic E-state index is 12.0. The van der Waals surface area contributed by atoms with Gasteiger partial charge in [0, 0.05) is 24.5 Å². The summed E-state index contributed by atoms with van der Waals surface area (Å²) in [6.07, 6.45) is 4.41. The Morgan fingerprint density at radius 1 is 1.43 bits per heavy atom. The van der Waals surface area contributed by atoms with Crippen LogP contribution in [0.1, 0.15) is 23.0 Å². The number of ether oxygens (including phenoxy) is 1. The molecule has 0 aliphatic carbocycles. The third-order valence-electron chi connectivity index (χ3n) is 3.27. The highest BCUT2D eigenvalue weighted by Crippen LogP contribution is 2.26. The van der Waals surface area contributed by atoms with Gasteiger partial charge in [-0.3, -0.25) is 9.78 Å². The predicted molar refractivity (Wildman–Crippen MR) is 80.2 cm³/mol. The van der Waals surface area contributed by atoms with E-state index in [0.29, 0.717) is 11.6 Å². The molecular weight excluding hydrogens is 290 g/mol. The van der Waals surface area contributed by atoms with Crippen LogP contribution in [0.15, 0.2) is 42.9 Å². The van der Waals surface area contributed by atoms with E-state index in [0.717, 1.165) is 5.56 Å². The van der Waals surface area contributed by atoms with Gasteiger partial charge >= 0.3 is 0 Å². The summed E-state index contributed by atoms with van der Waals surface area (Å²) < 4.78 is 5.56. The predicted octanol–water partition coefficient (Wildman–Crippen LogP) is 2.42. The lowest BCUT2D eigenvalue weighted by atomic mass is 9.95. The lowest BCUT2D eigenvalue weighted by Gasteiger charge is -2.29. The lowest BCUT2D eigenvalue weighted by molar-refractivity contribution is 0.00311. The van der Waals surface area contributed by atoms with Gasteiger partial charge in [-0.05, 0) is 24.6 Å². The van der Waals surface area contributed by atoms with Crippen LogP contribution in [0.3, 0.4) is 0 Å². The Labute approximate surface area is 128 Å². The van der Waals surface area contributed by atoms with Crippen molar-refractivity contribution in [3.05, 3.63) is 59.1 Å². The van der Waals surface area contributed by atoms with Crippen LogP contribution in [0.4, 0.5) is 0 Å². The zero-order valence-electron chi connectivity index (χ0n) is 11.8. The monoisotopic (exact) mass is 305 g/mol. The lowest BCUT2D eigenvalue weighted by Crippen LogP contribution is -2.40. The van der Waals surface area contributed by atoms with E-state index < -0.39 is 5.60 Å². The molecule has 1 aromatic heterocycles. The largest absolute Gasteiger partial charge is 0.372 e. The minimum absolute atomic E-state index is 0.266. The first-order chi connectivity index (χ1) is 10.0. The highest BCUT2D eigenvalue weighted by molar-refractivity contribution is 6.30. The minimum Gasteiger partial charge on any atom is -0.372 e. The molecule has 2 rings (SSSR count). The number of benzene rings is 1. The summed E-state index contributed by atoms with van der Waals surface area (Å²) in [5.41, 5.74) is 0.474. The van der Waals surface area contributed by atoms with E-state index in [-0.39, 0.29) is 11.6 Å². The van der Waals surface area contributed by atoms with Crippen LogP contribution in [0.25, 0.3) is 0 Å². The highest BCUT2D eigenvalue weighted by Gasteiger charge is 2.27. The van der Waals surface area contributed by atoms with Crippen molar-refractivity contribution >= 4 is 17.5 Å². The molecule has 5 nitrogen and oxygen atoms in total. The molecule has 0 saturated carbocycles. The van der Waals surface area contributed by atoms with Crippen LogP contribution in [-0.2, 0) is 10.3 Å². The van der Waals surface area contributed by atoms with Gasteiger partial charge in [0.25, 0.3) is 5.91 Å². The molecule has 0 bridgehead atoms. The standard InChI is InChI=1S/C15H16ClN3O2/c1-15(21-2,11-4-3-5-12(16)8-11)10-19-14(20)13-9-17-6-7-18-13/h3-9H,10H2,1-2H3,(H,19,20). The zero-order chi connectivity index (χ0) is 15.3. The van der Waals surface area contributed by atoms with Gasteiger partial charge in [0.2, 0.25) is 0 Å². The number of halogens is 1. The highest BCUT2D eigenvalue weighted by atomic mass is 35.5. The van der Waals surface area contributed by atoms with E-state index in [1.54, 1.807) is 13.2 Å². The molecule has 1 heterocycles. The number of carbonyl (C=O) groups excluding carboxylic acids is 1. The molecule has 2 aromatic rings. The van der Waals surface area contributed by atoms with Gasteiger partial charge < -0.3 is 10.1 Å². The van der Waals surface area contributed by atoms with Crippen LogP contribution in [0.5, 0.6) is 0 Å². The van der Waals surface area contributed by atoms with Gasteiger partial charge in [-0.2, -0.15) is 0 Å². The quantitative estimate of drug-likeness (QED) is 0.921. The number of methoxy groups -OCH3 is 1. The average Bonchev–Trinajstić information content (AvgIpc) is 2.53. The molecule has 0 radical (unpaired) electrons. The Morgan fingerprint density at radius 2 is 2.24 bits per heavy atom. The van der Waals surface area contributed by atoms with Gasteiger partial charge in [-0.25, -0.2) is 4.98 Å². The van der Waals surface area contributed by atoms with Gasteiger partial charge in [-0.15, -0.1) is 0 Å². The van der Waals surface area contributed by atoms with E-state index in [2.05, 4.69) is 15.3 Å². The van der Waals surface area contributed by atoms with Crippen LogP contribution in [-0.4, -0.2) is 29.5 Å². The number of hydrogen-bond acceptors (Lipinski definition) is 4. The zero-order valence-corrected chi connectivity index (χ0v) is 12.6. The number of nitrogens with zero attached hydrogens (tertiary/aromatic N) is 2. The minimum atomic E-state index is -0.678. The molecule has 1 amide bonds. The molecule has 1 atom stereocenters. The number of carbonyl (C=O) groups is 1. The maximum Gasteiger partial charge on any atom is 0.271 e. The summed E-state index contributed by atoms with van der Waals surface area (Å²) in [5, 5.41) is 3.42. The van der Waals surface area contributed by atoms with E-state index in [1.165, 1.54) is 18.6 Å². The SMILES string of the molecule is COC(C)(CNC(=O)c1cnccn1)c1cccc(Cl)c1. The maximum atomic E-state index is 12.0. The number of rotatable bonds is 5. The smallest absolute Gasteiger partial charge is 0.271 e. The number of aromatic nitrogens is 2. The first kappa shape index (κ1) is 15.4. The van der Waals surface area contributed by atoms with Crippen molar-refractivity contribution in [3.63, 3.8) is 0 Å². The summed E-state index contributed by atoms with van der Waals surface area (Å²) in [7, 11) is 1.59. The number of nitrogens with one attached hydrogen (secondary N) is 1. The van der Waals surface area contributed by atoms with Gasteiger partial charge in [0.1, 0.15) is 11.3 Å². The molecule has 6 heteroatoms. The summed E-state index contributed by atoms with van der Waals surface area (Å²) in [5.74, 6) is -0.298. The van der Waals surface area contributed by atoms with Crippen molar-refractivity contribution in [1.82, 2.24) is 15.3 Å². The van der Waals surface area contributed by atoms with Crippen molar-refractivity contribution in [3.8, 4) is 0 Å². The second-order valence-electron chi connectivity index (χ2n) is 4.72. The average molecular weight is 306 g/mol. The van der Waals surface area contributed by atoms with Crippen molar-refractivity contribution in [2.75, 3.05) is 13.7 Å². The van der Waals surface area contributed by atoms with E-state index in [9.17, 15) is 4.79 Å². The fourth-order valence-corrected chi connectivity index (χ4v) is 2.06. The molecule has 1 unspecified atom stereocenters. The normalized spacial score (nSPS) is 13.5. The van der Waals surface area contributed by atoms with Crippen molar-refractivity contribution in [2.45, 2.75) is 12.5 Å². The van der Waals surface area contributed by atoms with E-state index >= 15 is 0 Å². The number of hydrogen-bond donors (Lipinski definition) is 1. The summed E-state index contributed by atoms with van der Waals surface area (Å²) in [6, 6.07) is 7.36. The Bertz CT molecular complexity index is 621. The third kappa shape index (κ3) is 3.77. The molecule has 0 aliphatic rings. The van der Waals surface area contributed by atoms with Crippen molar-refractivity contribution in [1.29, 1.82) is 0 Å². The molecule has 0 spiro atoms. The molecule has 1 aromatic carbocycles. The topological polar surface area (TPSA) is 64.1 Å². The van der Waals surface area contributed by atoms with Crippen LogP contribution in [0.2, 0.25) is 5.02 Å². The Morgan fingerprint density at radius 3 is 2.86 bits per heavy atom. The Hall–Kier alpha value is -1.98. The van der Waals surface area contributed by atoms with Gasteiger partial charge in [0.05, 0.1) is 12.7 Å². The van der Waals surface area contributed by atoms with Gasteiger partial charge in [0.15, 0.2) is 0 Å². The molecule has 0 fully saturated rings. The van der Waals surface area contributed by atoms with Crippen molar-refractivity contribution in [2.24, 2.45) is 0 Å². The second-order valence-corrected chi connectivity index (χ2v) is 5.16. The van der Waals surface area contributed by atoms with Crippen LogP contribution < -0.4 is 5.32 Å². The molecule has 21 heavy (non-hydrogen) atoms. The summed E-state index contributed by atoms with van der Waals surface area (Å²) in [4.78, 5) is 19.8. The third-order valence-corrected chi connectivity index (χ3v) is 3.50. The number of amides is 1. The Balaban J connectivity index is 2.10. The summed E-state index contributed by atoms with van der Waals surface area (Å²) in [6.45, 7) is 2.18. The molecule has 0 aliphatic heterocycles. The Kier molecular flexibility index (Phi) is 4.88. The fourth-order valence-electron chi connectivity index (χ4n) is 1.87. The molecule has 1 N–H and O–H groups in total. The van der Waals surface area contributed by atoms with E-state index in [4.69, 9.17) is 16.3 Å². The molecule has 0 saturated heterocycles. The molecular formula is C15H16ClN3O2. The summed E-state index contributed by atoms with van der Waals surface area (Å²) >= 11 is 6.01. The van der Waals surface area contributed by atoms with Crippen LogP contribution in [0, 0.1) is 0 Å². The first-order valence-electron chi connectivity index (χ1n) is 6.40. The van der Waals surface area contributed by atoms with Gasteiger partial charge in [-0.1, -0.05) is 23.7 Å². The molecule has 110 valence electrons. The fraction of sp³-hybridized carbons (Fsp3) is 0.267. The van der Waals surface area contributed by atoms with Crippen LogP contribution >= 0.6 is 11.6 Å².